The molecule has 0 unspecified atom stereocenters. The summed E-state index contributed by atoms with van der Waals surface area (Å²) in [6.07, 6.45) is 0. The summed E-state index contributed by atoms with van der Waals surface area (Å²) < 4.78 is 33.3. The highest BCUT2D eigenvalue weighted by atomic mass is 79.9. The van der Waals surface area contributed by atoms with Gasteiger partial charge in [-0.3, -0.25) is 0 Å². The van der Waals surface area contributed by atoms with E-state index in [1.807, 2.05) is 23.6 Å². The van der Waals surface area contributed by atoms with Crippen molar-refractivity contribution in [3.8, 4) is 10.6 Å². The predicted octanol–water partition coefficient (Wildman–Crippen LogP) is 4.25. The van der Waals surface area contributed by atoms with Gasteiger partial charge in [-0.1, -0.05) is 18.2 Å². The van der Waals surface area contributed by atoms with Gasteiger partial charge in [0.25, 0.3) is 0 Å². The number of benzene rings is 1. The summed E-state index contributed by atoms with van der Waals surface area (Å²) in [4.78, 5) is 1.22. The number of sulfonamides is 1. The lowest BCUT2D eigenvalue weighted by molar-refractivity contribution is 0.510. The van der Waals surface area contributed by atoms with E-state index >= 15 is 0 Å². The molecule has 0 saturated heterocycles. The van der Waals surface area contributed by atoms with Gasteiger partial charge in [-0.05, 0) is 51.6 Å². The van der Waals surface area contributed by atoms with Crippen molar-refractivity contribution in [3.63, 3.8) is 0 Å². The smallest absolute Gasteiger partial charge is 0.242 e. The Balaban J connectivity index is 1.74. The van der Waals surface area contributed by atoms with Crippen molar-refractivity contribution in [2.75, 3.05) is 0 Å². The molecule has 0 bridgehead atoms. The van der Waals surface area contributed by atoms with Crippen LogP contribution in [0.5, 0.6) is 0 Å². The lowest BCUT2D eigenvalue weighted by Crippen LogP contribution is -2.23. The summed E-state index contributed by atoms with van der Waals surface area (Å²) in [7, 11) is -3.59. The molecule has 22 heavy (non-hydrogen) atoms. The van der Waals surface area contributed by atoms with Crippen LogP contribution in [0.15, 0.2) is 67.7 Å². The Labute approximate surface area is 141 Å². The monoisotopic (exact) mass is 397 g/mol. The van der Waals surface area contributed by atoms with Gasteiger partial charge in [0.05, 0.1) is 16.3 Å². The first kappa shape index (κ1) is 15.5. The number of thiophene rings is 1. The largest absolute Gasteiger partial charge is 0.459 e. The standard InChI is InChI=1S/C15H12BrNO3S2/c16-12-4-1-2-6-15(12)22(18,19)17-10-11-7-8-13(20-11)14-5-3-9-21-14/h1-9,17H,10H2. The molecule has 1 aromatic carbocycles. The lowest BCUT2D eigenvalue weighted by atomic mass is 10.3. The van der Waals surface area contributed by atoms with E-state index in [0.717, 1.165) is 10.6 Å². The van der Waals surface area contributed by atoms with Crippen molar-refractivity contribution >= 4 is 37.3 Å². The molecule has 0 saturated carbocycles. The second-order valence-corrected chi connectivity index (χ2v) is 8.04. The Bertz CT molecular complexity index is 870. The Hall–Kier alpha value is -1.41. The van der Waals surface area contributed by atoms with Crippen LogP contribution < -0.4 is 4.72 Å². The molecule has 114 valence electrons. The topological polar surface area (TPSA) is 59.3 Å². The number of rotatable bonds is 5. The van der Waals surface area contributed by atoms with E-state index in [1.165, 1.54) is 0 Å². The van der Waals surface area contributed by atoms with Gasteiger partial charge in [-0.25, -0.2) is 13.1 Å². The molecule has 0 radical (unpaired) electrons. The van der Waals surface area contributed by atoms with Gasteiger partial charge in [-0.15, -0.1) is 11.3 Å². The second kappa shape index (κ2) is 6.37. The average Bonchev–Trinajstić information content (AvgIpc) is 3.17. The van der Waals surface area contributed by atoms with E-state index in [-0.39, 0.29) is 11.4 Å². The average molecular weight is 398 g/mol. The van der Waals surface area contributed by atoms with Gasteiger partial charge in [0.1, 0.15) is 11.5 Å². The molecule has 0 spiro atoms. The van der Waals surface area contributed by atoms with E-state index in [2.05, 4.69) is 20.7 Å². The molecular weight excluding hydrogens is 386 g/mol. The molecule has 0 aliphatic rings. The van der Waals surface area contributed by atoms with Gasteiger partial charge in [0, 0.05) is 4.47 Å². The number of halogens is 1. The summed E-state index contributed by atoms with van der Waals surface area (Å²) in [6.45, 7) is 0.106. The third-order valence-corrected chi connectivity index (χ3v) is 6.29. The predicted molar refractivity (Wildman–Crippen MR) is 90.2 cm³/mol. The van der Waals surface area contributed by atoms with Crippen LogP contribution in [0.3, 0.4) is 0 Å². The number of hydrogen-bond acceptors (Lipinski definition) is 4. The zero-order valence-corrected chi connectivity index (χ0v) is 14.5. The van der Waals surface area contributed by atoms with Crippen LogP contribution in [0.2, 0.25) is 0 Å². The number of furan rings is 1. The quantitative estimate of drug-likeness (QED) is 0.699. The van der Waals surface area contributed by atoms with Gasteiger partial charge < -0.3 is 4.42 Å². The van der Waals surface area contributed by atoms with Gasteiger partial charge >= 0.3 is 0 Å². The summed E-state index contributed by atoms with van der Waals surface area (Å²) in [5.41, 5.74) is 0. The highest BCUT2D eigenvalue weighted by molar-refractivity contribution is 9.10. The molecular formula is C15H12BrNO3S2. The van der Waals surface area contributed by atoms with E-state index < -0.39 is 10.0 Å². The van der Waals surface area contributed by atoms with Crippen molar-refractivity contribution in [1.29, 1.82) is 0 Å². The minimum Gasteiger partial charge on any atom is -0.459 e. The molecule has 7 heteroatoms. The van der Waals surface area contributed by atoms with E-state index in [9.17, 15) is 8.42 Å². The van der Waals surface area contributed by atoms with Crippen LogP contribution in [0.25, 0.3) is 10.6 Å². The van der Waals surface area contributed by atoms with Crippen LogP contribution in [0.4, 0.5) is 0 Å². The zero-order valence-electron chi connectivity index (χ0n) is 11.3. The highest BCUT2D eigenvalue weighted by Gasteiger charge is 2.17. The van der Waals surface area contributed by atoms with Crippen LogP contribution in [0, 0.1) is 0 Å². The third kappa shape index (κ3) is 3.33. The fraction of sp³-hybridized carbons (Fsp3) is 0.0667. The Morgan fingerprint density at radius 1 is 1.09 bits per heavy atom. The maximum absolute atomic E-state index is 12.3. The molecule has 0 atom stereocenters. The van der Waals surface area contributed by atoms with E-state index in [0.29, 0.717) is 10.2 Å². The van der Waals surface area contributed by atoms with E-state index in [1.54, 1.807) is 41.7 Å². The molecule has 4 nitrogen and oxygen atoms in total. The molecule has 0 aliphatic heterocycles. The summed E-state index contributed by atoms with van der Waals surface area (Å²) >= 11 is 4.82. The summed E-state index contributed by atoms with van der Waals surface area (Å²) in [5, 5.41) is 1.97. The molecule has 0 amide bonds. The normalized spacial score (nSPS) is 11.7. The molecule has 3 aromatic rings. The molecule has 2 heterocycles. The Kier molecular flexibility index (Phi) is 4.49. The van der Waals surface area contributed by atoms with Crippen molar-refractivity contribution in [2.45, 2.75) is 11.4 Å². The van der Waals surface area contributed by atoms with Crippen LogP contribution in [0.1, 0.15) is 5.76 Å². The Morgan fingerprint density at radius 2 is 1.91 bits per heavy atom. The first-order valence-electron chi connectivity index (χ1n) is 6.43. The lowest BCUT2D eigenvalue weighted by Gasteiger charge is -2.07. The molecule has 2 aromatic heterocycles. The fourth-order valence-electron chi connectivity index (χ4n) is 1.93. The van der Waals surface area contributed by atoms with Crippen LogP contribution in [-0.4, -0.2) is 8.42 Å². The van der Waals surface area contributed by atoms with Crippen molar-refractivity contribution in [2.24, 2.45) is 0 Å². The van der Waals surface area contributed by atoms with Gasteiger partial charge in [0.15, 0.2) is 0 Å². The first-order valence-corrected chi connectivity index (χ1v) is 9.58. The fourth-order valence-corrected chi connectivity index (χ4v) is 4.61. The van der Waals surface area contributed by atoms with E-state index in [4.69, 9.17) is 4.42 Å². The second-order valence-electron chi connectivity index (χ2n) is 4.50. The highest BCUT2D eigenvalue weighted by Crippen LogP contribution is 2.27. The third-order valence-electron chi connectivity index (χ3n) is 2.99. The maximum Gasteiger partial charge on any atom is 0.242 e. The number of nitrogens with one attached hydrogen (secondary N) is 1. The van der Waals surface area contributed by atoms with Crippen LogP contribution in [-0.2, 0) is 16.6 Å². The number of hydrogen-bond donors (Lipinski definition) is 1. The van der Waals surface area contributed by atoms with Gasteiger partial charge in [0.2, 0.25) is 10.0 Å². The Morgan fingerprint density at radius 3 is 2.64 bits per heavy atom. The summed E-state index contributed by atoms with van der Waals surface area (Å²) in [6, 6.07) is 14.2. The molecule has 3 rings (SSSR count). The molecule has 1 N–H and O–H groups in total. The zero-order chi connectivity index (χ0) is 15.6. The molecule has 0 fully saturated rings. The first-order chi connectivity index (χ1) is 10.6. The maximum atomic E-state index is 12.3. The molecule has 0 aliphatic carbocycles. The van der Waals surface area contributed by atoms with Crippen molar-refractivity contribution in [3.05, 3.63) is 64.1 Å². The summed E-state index contributed by atoms with van der Waals surface area (Å²) in [5.74, 6) is 1.31. The van der Waals surface area contributed by atoms with Crippen LogP contribution >= 0.6 is 27.3 Å². The van der Waals surface area contributed by atoms with Gasteiger partial charge in [-0.2, -0.15) is 0 Å². The minimum absolute atomic E-state index is 0.106. The van der Waals surface area contributed by atoms with Crippen molar-refractivity contribution in [1.82, 2.24) is 4.72 Å². The SMILES string of the molecule is O=S(=O)(NCc1ccc(-c2cccs2)o1)c1ccccc1Br. The van der Waals surface area contributed by atoms with Crippen molar-refractivity contribution < 1.29 is 12.8 Å². The minimum atomic E-state index is -3.59.